The van der Waals surface area contributed by atoms with Gasteiger partial charge in [-0.05, 0) is 54.3 Å². The summed E-state index contributed by atoms with van der Waals surface area (Å²) in [5.41, 5.74) is 3.41. The quantitative estimate of drug-likeness (QED) is 0.518. The normalized spacial score (nSPS) is 12.4. The summed E-state index contributed by atoms with van der Waals surface area (Å²) in [5.74, 6) is 0. The zero-order chi connectivity index (χ0) is 19.3. The molecule has 0 aliphatic rings. The first-order chi connectivity index (χ1) is 12.2. The van der Waals surface area contributed by atoms with Crippen LogP contribution in [0, 0.1) is 10.1 Å². The molecule has 6 nitrogen and oxygen atoms in total. The number of nitrogens with zero attached hydrogens (tertiary/aromatic N) is 1. The van der Waals surface area contributed by atoms with Crippen LogP contribution < -0.4 is 0 Å². The van der Waals surface area contributed by atoms with Crippen LogP contribution >= 0.6 is 11.6 Å². The first kappa shape index (κ1) is 19.9. The van der Waals surface area contributed by atoms with Crippen molar-refractivity contribution in [2.75, 3.05) is 12.9 Å². The summed E-state index contributed by atoms with van der Waals surface area (Å²) in [4.78, 5) is 15.0. The van der Waals surface area contributed by atoms with Crippen molar-refractivity contribution in [3.05, 3.63) is 80.4 Å². The molecule has 0 heterocycles. The van der Waals surface area contributed by atoms with Crippen LogP contribution in [-0.2, 0) is 14.7 Å². The van der Waals surface area contributed by atoms with E-state index < -0.39 is 14.9 Å². The van der Waals surface area contributed by atoms with E-state index in [1.165, 1.54) is 0 Å². The molecule has 0 aliphatic carbocycles. The van der Waals surface area contributed by atoms with Gasteiger partial charge in [-0.1, -0.05) is 41.4 Å². The maximum atomic E-state index is 11.7. The Morgan fingerprint density at radius 1 is 1.08 bits per heavy atom. The Morgan fingerprint density at radius 2 is 1.58 bits per heavy atom. The summed E-state index contributed by atoms with van der Waals surface area (Å²) in [7, 11) is -3.29. The van der Waals surface area contributed by atoms with E-state index in [4.69, 9.17) is 11.6 Å². The average molecular weight is 396 g/mol. The van der Waals surface area contributed by atoms with Gasteiger partial charge in [-0.3, -0.25) is 0 Å². The van der Waals surface area contributed by atoms with Gasteiger partial charge in [0, 0.05) is 11.3 Å². The van der Waals surface area contributed by atoms with Crippen LogP contribution in [0.5, 0.6) is 0 Å². The Morgan fingerprint density at radius 3 is 2.04 bits per heavy atom. The number of rotatable bonds is 7. The second-order valence-electron chi connectivity index (χ2n) is 5.77. The van der Waals surface area contributed by atoms with Crippen molar-refractivity contribution in [1.29, 1.82) is 0 Å². The molecule has 0 fully saturated rings. The smallest absolute Gasteiger partial charge is 0.294 e. The molecule has 0 aliphatic heterocycles. The lowest BCUT2D eigenvalue weighted by Gasteiger charge is -2.14. The molecule has 26 heavy (non-hydrogen) atoms. The summed E-state index contributed by atoms with van der Waals surface area (Å²) in [6, 6.07) is 13.7. The summed E-state index contributed by atoms with van der Waals surface area (Å²) >= 11 is 5.95. The van der Waals surface area contributed by atoms with Gasteiger partial charge in [0.05, 0.1) is 4.90 Å². The number of benzene rings is 2. The average Bonchev–Trinajstić information content (AvgIpc) is 2.56. The van der Waals surface area contributed by atoms with Crippen molar-refractivity contribution >= 4 is 27.0 Å². The molecule has 0 atom stereocenters. The lowest BCUT2D eigenvalue weighted by Crippen LogP contribution is -2.04. The third-order valence-electron chi connectivity index (χ3n) is 3.80. The van der Waals surface area contributed by atoms with Crippen molar-refractivity contribution in [2.24, 2.45) is 0 Å². The van der Waals surface area contributed by atoms with Crippen molar-refractivity contribution in [3.8, 4) is 0 Å². The van der Waals surface area contributed by atoms with Crippen LogP contribution in [0.2, 0.25) is 5.02 Å². The molecule has 0 aromatic heterocycles. The second kappa shape index (κ2) is 8.33. The Hall–Kier alpha value is -2.38. The molecule has 0 N–H and O–H groups in total. The van der Waals surface area contributed by atoms with Crippen LogP contribution in [-0.4, -0.2) is 26.4 Å². The topological polar surface area (TPSA) is 86.5 Å². The van der Waals surface area contributed by atoms with E-state index in [1.807, 2.05) is 19.1 Å². The molecule has 2 rings (SSSR count). The van der Waals surface area contributed by atoms with Crippen LogP contribution in [0.1, 0.15) is 24.5 Å². The lowest BCUT2D eigenvalue weighted by molar-refractivity contribution is -0.757. The molecule has 0 bridgehead atoms. The molecule has 0 unspecified atom stereocenters. The van der Waals surface area contributed by atoms with Crippen molar-refractivity contribution in [3.63, 3.8) is 0 Å². The number of hydrogen-bond donors (Lipinski definition) is 0. The molecule has 2 aromatic carbocycles. The molecule has 2 aromatic rings. The Balaban J connectivity index is 2.46. The highest BCUT2D eigenvalue weighted by molar-refractivity contribution is 7.90. The first-order valence-electron chi connectivity index (χ1n) is 7.72. The maximum Gasteiger partial charge on any atom is 0.294 e. The highest BCUT2D eigenvalue weighted by atomic mass is 35.5. The van der Waals surface area contributed by atoms with E-state index in [2.05, 4.69) is 4.84 Å². The number of halogens is 1. The summed E-state index contributed by atoms with van der Waals surface area (Å²) in [5, 5.41) is 10.1. The lowest BCUT2D eigenvalue weighted by atomic mass is 9.92. The third kappa shape index (κ3) is 5.31. The highest BCUT2D eigenvalue weighted by Crippen LogP contribution is 2.30. The maximum absolute atomic E-state index is 11.7. The van der Waals surface area contributed by atoms with Gasteiger partial charge in [-0.15, -0.1) is 10.1 Å². The minimum absolute atomic E-state index is 0.0582. The van der Waals surface area contributed by atoms with Gasteiger partial charge in [-0.25, -0.2) is 8.42 Å². The standard InChI is InChI=1S/C18H18ClNO5S/c1-13(11-12-25-20(21)22)18(14-3-7-16(19)8-4-14)15-5-9-17(10-6-15)26(2,23)24/h3-10H,11-12H2,1-2H3/b18-13+. The Kier molecular flexibility index (Phi) is 6.39. The molecular weight excluding hydrogens is 378 g/mol. The zero-order valence-electron chi connectivity index (χ0n) is 14.3. The van der Waals surface area contributed by atoms with Gasteiger partial charge >= 0.3 is 0 Å². The number of sulfone groups is 1. The van der Waals surface area contributed by atoms with Gasteiger partial charge in [-0.2, -0.15) is 0 Å². The van der Waals surface area contributed by atoms with E-state index in [0.29, 0.717) is 11.4 Å². The van der Waals surface area contributed by atoms with Crippen molar-refractivity contribution in [1.82, 2.24) is 0 Å². The largest absolute Gasteiger partial charge is 0.314 e. The second-order valence-corrected chi connectivity index (χ2v) is 8.22. The molecule has 0 saturated carbocycles. The van der Waals surface area contributed by atoms with Crippen molar-refractivity contribution in [2.45, 2.75) is 18.2 Å². The first-order valence-corrected chi connectivity index (χ1v) is 9.99. The minimum Gasteiger partial charge on any atom is -0.314 e. The Labute approximate surface area is 157 Å². The fourth-order valence-corrected chi connectivity index (χ4v) is 3.30. The summed E-state index contributed by atoms with van der Waals surface area (Å²) < 4.78 is 23.3. The third-order valence-corrected chi connectivity index (χ3v) is 5.19. The van der Waals surface area contributed by atoms with E-state index in [-0.39, 0.29) is 11.5 Å². The molecule has 0 amide bonds. The fourth-order valence-electron chi connectivity index (χ4n) is 2.54. The predicted molar refractivity (Wildman–Crippen MR) is 100 cm³/mol. The fraction of sp³-hybridized carbons (Fsp3) is 0.222. The summed E-state index contributed by atoms with van der Waals surface area (Å²) in [6.07, 6.45) is 1.50. The predicted octanol–water partition coefficient (Wildman–Crippen LogP) is 4.16. The van der Waals surface area contributed by atoms with Crippen LogP contribution in [0.25, 0.3) is 5.57 Å². The van der Waals surface area contributed by atoms with Gasteiger partial charge < -0.3 is 4.84 Å². The highest BCUT2D eigenvalue weighted by Gasteiger charge is 2.12. The monoisotopic (exact) mass is 395 g/mol. The molecule has 0 spiro atoms. The van der Waals surface area contributed by atoms with Gasteiger partial charge in [0.2, 0.25) is 0 Å². The summed E-state index contributed by atoms with van der Waals surface area (Å²) in [6.45, 7) is 1.80. The van der Waals surface area contributed by atoms with Crippen LogP contribution in [0.3, 0.4) is 0 Å². The van der Waals surface area contributed by atoms with E-state index in [9.17, 15) is 18.5 Å². The number of hydrogen-bond acceptors (Lipinski definition) is 5. The van der Waals surface area contributed by atoms with Gasteiger partial charge in [0.1, 0.15) is 6.61 Å². The van der Waals surface area contributed by atoms with Crippen molar-refractivity contribution < 1.29 is 18.3 Å². The molecule has 8 heteroatoms. The van der Waals surface area contributed by atoms with Crippen LogP contribution in [0.4, 0.5) is 0 Å². The zero-order valence-corrected chi connectivity index (χ0v) is 15.9. The van der Waals surface area contributed by atoms with Crippen LogP contribution in [0.15, 0.2) is 59.0 Å². The molecule has 0 radical (unpaired) electrons. The molecule has 0 saturated heterocycles. The van der Waals surface area contributed by atoms with E-state index >= 15 is 0 Å². The SMILES string of the molecule is C/C(CCO[N+](=O)[O-])=C(/c1ccc(Cl)cc1)c1ccc(S(C)(=O)=O)cc1. The van der Waals surface area contributed by atoms with E-state index in [1.54, 1.807) is 36.4 Å². The minimum atomic E-state index is -3.29. The van der Waals surface area contributed by atoms with Gasteiger partial charge in [0.25, 0.3) is 5.09 Å². The molecule has 138 valence electrons. The van der Waals surface area contributed by atoms with E-state index in [0.717, 1.165) is 28.5 Å². The van der Waals surface area contributed by atoms with Gasteiger partial charge in [0.15, 0.2) is 9.84 Å². The molecular formula is C18H18ClNO5S. The Bertz CT molecular complexity index is 919.